The van der Waals surface area contributed by atoms with Gasteiger partial charge in [0.25, 0.3) is 0 Å². The predicted molar refractivity (Wildman–Crippen MR) is 72.4 cm³/mol. The molecule has 0 heterocycles. The topological polar surface area (TPSA) is 20.2 Å². The summed E-state index contributed by atoms with van der Waals surface area (Å²) in [7, 11) is 0. The SMILES string of the molecule is CC(C)(O)C1CCC(c2cc(Cl)ccc2F)CC1. The molecule has 1 fully saturated rings. The van der Waals surface area contributed by atoms with Crippen LogP contribution in [0, 0.1) is 11.7 Å². The summed E-state index contributed by atoms with van der Waals surface area (Å²) in [5.41, 5.74) is 0.106. The maximum absolute atomic E-state index is 13.8. The second-order valence-corrected chi connectivity index (χ2v) is 6.30. The average molecular weight is 271 g/mol. The van der Waals surface area contributed by atoms with E-state index in [4.69, 9.17) is 11.6 Å². The maximum Gasteiger partial charge on any atom is 0.126 e. The molecule has 2 rings (SSSR count). The molecule has 3 heteroatoms. The van der Waals surface area contributed by atoms with Crippen LogP contribution in [-0.4, -0.2) is 10.7 Å². The van der Waals surface area contributed by atoms with Crippen LogP contribution >= 0.6 is 11.6 Å². The lowest BCUT2D eigenvalue weighted by Crippen LogP contribution is -2.33. The average Bonchev–Trinajstić information content (AvgIpc) is 2.31. The lowest BCUT2D eigenvalue weighted by molar-refractivity contribution is -0.00167. The van der Waals surface area contributed by atoms with Crippen molar-refractivity contribution in [1.82, 2.24) is 0 Å². The fraction of sp³-hybridized carbons (Fsp3) is 0.600. The molecule has 1 aromatic carbocycles. The first-order chi connectivity index (χ1) is 8.38. The number of hydrogen-bond acceptors (Lipinski definition) is 1. The molecular weight excluding hydrogens is 251 g/mol. The molecule has 0 saturated heterocycles. The van der Waals surface area contributed by atoms with E-state index < -0.39 is 5.60 Å². The van der Waals surface area contributed by atoms with E-state index in [-0.39, 0.29) is 11.7 Å². The summed E-state index contributed by atoms with van der Waals surface area (Å²) in [6.07, 6.45) is 3.73. The number of benzene rings is 1. The highest BCUT2D eigenvalue weighted by molar-refractivity contribution is 6.30. The van der Waals surface area contributed by atoms with Gasteiger partial charge in [-0.15, -0.1) is 0 Å². The first kappa shape index (κ1) is 13.8. The second kappa shape index (κ2) is 5.18. The Hall–Kier alpha value is -0.600. The Labute approximate surface area is 113 Å². The Morgan fingerprint density at radius 3 is 2.39 bits per heavy atom. The number of hydrogen-bond donors (Lipinski definition) is 1. The third-order valence-corrected chi connectivity index (χ3v) is 4.36. The molecule has 1 nitrogen and oxygen atoms in total. The summed E-state index contributed by atoms with van der Waals surface area (Å²) in [6, 6.07) is 4.77. The molecule has 0 unspecified atom stereocenters. The minimum Gasteiger partial charge on any atom is -0.390 e. The van der Waals surface area contributed by atoms with Crippen molar-refractivity contribution in [3.63, 3.8) is 0 Å². The molecule has 100 valence electrons. The highest BCUT2D eigenvalue weighted by Crippen LogP contribution is 2.41. The normalized spacial score (nSPS) is 25.2. The zero-order valence-corrected chi connectivity index (χ0v) is 11.7. The van der Waals surface area contributed by atoms with E-state index in [1.165, 1.54) is 6.07 Å². The van der Waals surface area contributed by atoms with Gasteiger partial charge in [-0.1, -0.05) is 11.6 Å². The van der Waals surface area contributed by atoms with E-state index in [1.807, 2.05) is 13.8 Å². The Morgan fingerprint density at radius 2 is 1.83 bits per heavy atom. The monoisotopic (exact) mass is 270 g/mol. The van der Waals surface area contributed by atoms with Crippen molar-refractivity contribution in [3.8, 4) is 0 Å². The van der Waals surface area contributed by atoms with Gasteiger partial charge in [0.1, 0.15) is 5.82 Å². The smallest absolute Gasteiger partial charge is 0.126 e. The summed E-state index contributed by atoms with van der Waals surface area (Å²) < 4.78 is 13.8. The molecule has 0 amide bonds. The van der Waals surface area contributed by atoms with E-state index in [0.29, 0.717) is 10.9 Å². The van der Waals surface area contributed by atoms with E-state index in [0.717, 1.165) is 31.2 Å². The Balaban J connectivity index is 2.08. The molecule has 1 saturated carbocycles. The fourth-order valence-electron chi connectivity index (χ4n) is 2.94. The van der Waals surface area contributed by atoms with Gasteiger partial charge in [-0.25, -0.2) is 4.39 Å². The largest absolute Gasteiger partial charge is 0.390 e. The van der Waals surface area contributed by atoms with Crippen LogP contribution in [0.25, 0.3) is 0 Å². The van der Waals surface area contributed by atoms with Gasteiger partial charge < -0.3 is 5.11 Å². The Bertz CT molecular complexity index is 417. The van der Waals surface area contributed by atoms with Gasteiger partial charge in [0.05, 0.1) is 5.60 Å². The summed E-state index contributed by atoms with van der Waals surface area (Å²) in [4.78, 5) is 0. The minimum absolute atomic E-state index is 0.161. The summed E-state index contributed by atoms with van der Waals surface area (Å²) >= 11 is 5.93. The highest BCUT2D eigenvalue weighted by Gasteiger charge is 2.32. The van der Waals surface area contributed by atoms with Gasteiger partial charge in [0.2, 0.25) is 0 Å². The molecule has 18 heavy (non-hydrogen) atoms. The van der Waals surface area contributed by atoms with Crippen LogP contribution in [0.15, 0.2) is 18.2 Å². The van der Waals surface area contributed by atoms with Crippen molar-refractivity contribution in [3.05, 3.63) is 34.6 Å². The summed E-state index contributed by atoms with van der Waals surface area (Å²) in [5, 5.41) is 10.6. The molecule has 0 spiro atoms. The third kappa shape index (κ3) is 3.04. The van der Waals surface area contributed by atoms with Crippen molar-refractivity contribution < 1.29 is 9.50 Å². The van der Waals surface area contributed by atoms with E-state index in [1.54, 1.807) is 12.1 Å². The maximum atomic E-state index is 13.8. The Morgan fingerprint density at radius 1 is 1.22 bits per heavy atom. The third-order valence-electron chi connectivity index (χ3n) is 4.12. The van der Waals surface area contributed by atoms with Gasteiger partial charge in [-0.2, -0.15) is 0 Å². The van der Waals surface area contributed by atoms with Crippen LogP contribution in [0.5, 0.6) is 0 Å². The molecule has 1 aromatic rings. The first-order valence-corrected chi connectivity index (χ1v) is 6.93. The molecule has 0 bridgehead atoms. The summed E-state index contributed by atoms with van der Waals surface area (Å²) in [6.45, 7) is 3.72. The van der Waals surface area contributed by atoms with Crippen LogP contribution in [0.2, 0.25) is 5.02 Å². The van der Waals surface area contributed by atoms with E-state index >= 15 is 0 Å². The van der Waals surface area contributed by atoms with Gasteiger partial charge in [0.15, 0.2) is 0 Å². The molecule has 0 aromatic heterocycles. The van der Waals surface area contributed by atoms with Crippen molar-refractivity contribution in [1.29, 1.82) is 0 Å². The van der Waals surface area contributed by atoms with Gasteiger partial charge >= 0.3 is 0 Å². The standard InChI is InChI=1S/C15H20ClFO/c1-15(2,18)11-5-3-10(4-6-11)13-9-12(16)7-8-14(13)17/h7-11,18H,3-6H2,1-2H3. The number of rotatable bonds is 2. The highest BCUT2D eigenvalue weighted by atomic mass is 35.5. The molecule has 0 radical (unpaired) electrons. The van der Waals surface area contributed by atoms with Crippen molar-refractivity contribution >= 4 is 11.6 Å². The minimum atomic E-state index is -0.627. The van der Waals surface area contributed by atoms with Crippen LogP contribution < -0.4 is 0 Å². The van der Waals surface area contributed by atoms with Gasteiger partial charge in [0, 0.05) is 5.02 Å². The van der Waals surface area contributed by atoms with Crippen LogP contribution in [0.3, 0.4) is 0 Å². The lowest BCUT2D eigenvalue weighted by atomic mass is 9.73. The van der Waals surface area contributed by atoms with Gasteiger partial charge in [-0.05, 0) is 75.1 Å². The molecule has 0 atom stereocenters. The number of halogens is 2. The Kier molecular flexibility index (Phi) is 3.98. The predicted octanol–water partition coefficient (Wildman–Crippen LogP) is 4.52. The van der Waals surface area contributed by atoms with Crippen molar-refractivity contribution in [2.24, 2.45) is 5.92 Å². The first-order valence-electron chi connectivity index (χ1n) is 6.55. The quantitative estimate of drug-likeness (QED) is 0.837. The fourth-order valence-corrected chi connectivity index (χ4v) is 3.12. The molecule has 1 N–H and O–H groups in total. The second-order valence-electron chi connectivity index (χ2n) is 5.87. The van der Waals surface area contributed by atoms with Crippen molar-refractivity contribution in [2.75, 3.05) is 0 Å². The lowest BCUT2D eigenvalue weighted by Gasteiger charge is -2.36. The zero-order chi connectivity index (χ0) is 13.3. The van der Waals surface area contributed by atoms with E-state index in [9.17, 15) is 9.50 Å². The van der Waals surface area contributed by atoms with Crippen LogP contribution in [0.4, 0.5) is 4.39 Å². The number of aliphatic hydroxyl groups is 1. The zero-order valence-electron chi connectivity index (χ0n) is 10.9. The van der Waals surface area contributed by atoms with Crippen molar-refractivity contribution in [2.45, 2.75) is 51.0 Å². The van der Waals surface area contributed by atoms with Crippen LogP contribution in [-0.2, 0) is 0 Å². The summed E-state index contributed by atoms with van der Waals surface area (Å²) in [5.74, 6) is 0.393. The molecule has 1 aliphatic carbocycles. The molecule has 1 aliphatic rings. The molecule has 0 aliphatic heterocycles. The molecular formula is C15H20ClFO. The van der Waals surface area contributed by atoms with Crippen LogP contribution in [0.1, 0.15) is 51.0 Å². The van der Waals surface area contributed by atoms with E-state index in [2.05, 4.69) is 0 Å². The van der Waals surface area contributed by atoms with Gasteiger partial charge in [-0.3, -0.25) is 0 Å².